The Hall–Kier alpha value is -1.15. The van der Waals surface area contributed by atoms with E-state index in [1.54, 1.807) is 0 Å². The second kappa shape index (κ2) is 7.23. The highest BCUT2D eigenvalue weighted by Gasteiger charge is 2.11. The quantitative estimate of drug-likeness (QED) is 0.388. The first-order chi connectivity index (χ1) is 8.15. The van der Waals surface area contributed by atoms with Crippen LogP contribution in [0.25, 0.3) is 0 Å². The van der Waals surface area contributed by atoms with Crippen LogP contribution < -0.4 is 0 Å². The molecule has 92 valence electrons. The lowest BCUT2D eigenvalue weighted by molar-refractivity contribution is 0.0975. The Balaban J connectivity index is 2.44. The largest absolute Gasteiger partial charge is 0.294 e. The molecule has 1 aromatic carbocycles. The van der Waals surface area contributed by atoms with Crippen molar-refractivity contribution >= 4 is 17.4 Å². The fourth-order valence-corrected chi connectivity index (χ4v) is 1.76. The van der Waals surface area contributed by atoms with Gasteiger partial charge >= 0.3 is 0 Å². The van der Waals surface area contributed by atoms with Gasteiger partial charge in [0.05, 0.1) is 5.56 Å². The van der Waals surface area contributed by atoms with Gasteiger partial charge < -0.3 is 0 Å². The van der Waals surface area contributed by atoms with Crippen molar-refractivity contribution in [1.82, 2.24) is 0 Å². The summed E-state index contributed by atoms with van der Waals surface area (Å²) in [5.74, 6) is -0.689. The van der Waals surface area contributed by atoms with E-state index in [1.165, 1.54) is 18.2 Å². The highest BCUT2D eigenvalue weighted by atomic mass is 35.5. The minimum absolute atomic E-state index is 0.137. The van der Waals surface area contributed by atoms with Crippen LogP contribution in [0.1, 0.15) is 42.5 Å². The summed E-state index contributed by atoms with van der Waals surface area (Å²) in [5.41, 5.74) is 0.137. The number of hydrogen-bond acceptors (Lipinski definition) is 1. The van der Waals surface area contributed by atoms with Crippen molar-refractivity contribution in [3.63, 3.8) is 0 Å². The zero-order chi connectivity index (χ0) is 12.7. The van der Waals surface area contributed by atoms with Crippen LogP contribution in [0.4, 0.5) is 4.39 Å². The van der Waals surface area contributed by atoms with Gasteiger partial charge in [0.1, 0.15) is 5.82 Å². The molecule has 17 heavy (non-hydrogen) atoms. The average molecular weight is 255 g/mol. The molecule has 0 spiro atoms. The first-order valence-electron chi connectivity index (χ1n) is 5.74. The van der Waals surface area contributed by atoms with Gasteiger partial charge in [-0.15, -0.1) is 6.58 Å². The van der Waals surface area contributed by atoms with Gasteiger partial charge in [-0.05, 0) is 37.5 Å². The first kappa shape index (κ1) is 13.9. The summed E-state index contributed by atoms with van der Waals surface area (Å²) in [5, 5.41) is 0.310. The van der Waals surface area contributed by atoms with Gasteiger partial charge in [0.15, 0.2) is 5.78 Å². The Kier molecular flexibility index (Phi) is 5.92. The van der Waals surface area contributed by atoms with Crippen molar-refractivity contribution in [3.05, 3.63) is 47.3 Å². The number of hydrogen-bond donors (Lipinski definition) is 0. The zero-order valence-corrected chi connectivity index (χ0v) is 10.5. The number of ketones is 1. The smallest absolute Gasteiger partial charge is 0.165 e. The van der Waals surface area contributed by atoms with Crippen molar-refractivity contribution in [1.29, 1.82) is 0 Å². The molecule has 3 heteroatoms. The Morgan fingerprint density at radius 1 is 1.35 bits per heavy atom. The lowest BCUT2D eigenvalue weighted by Crippen LogP contribution is -2.02. The maximum absolute atomic E-state index is 13.4. The third-order valence-corrected chi connectivity index (χ3v) is 2.78. The summed E-state index contributed by atoms with van der Waals surface area (Å²) in [6, 6.07) is 4.16. The van der Waals surface area contributed by atoms with E-state index < -0.39 is 5.82 Å². The van der Waals surface area contributed by atoms with E-state index in [0.717, 1.165) is 25.7 Å². The standard InChI is InChI=1S/C14H16ClFO/c1-2-3-4-5-6-7-14(17)12-9-8-11(15)10-13(12)16/h2,8-10H,1,3-7H2. The lowest BCUT2D eigenvalue weighted by Gasteiger charge is -2.03. The number of carbonyl (C=O) groups is 1. The summed E-state index contributed by atoms with van der Waals surface area (Å²) in [6.45, 7) is 3.63. The summed E-state index contributed by atoms with van der Waals surface area (Å²) < 4.78 is 13.4. The van der Waals surface area contributed by atoms with Crippen LogP contribution in [0.5, 0.6) is 0 Å². The molecule has 0 amide bonds. The van der Waals surface area contributed by atoms with E-state index in [9.17, 15) is 9.18 Å². The monoisotopic (exact) mass is 254 g/mol. The van der Waals surface area contributed by atoms with Crippen molar-refractivity contribution in [2.24, 2.45) is 0 Å². The van der Waals surface area contributed by atoms with Crippen molar-refractivity contribution in [3.8, 4) is 0 Å². The molecule has 0 heterocycles. The van der Waals surface area contributed by atoms with Gasteiger partial charge in [0.25, 0.3) is 0 Å². The van der Waals surface area contributed by atoms with Crippen LogP contribution in [-0.4, -0.2) is 5.78 Å². The van der Waals surface area contributed by atoms with Gasteiger partial charge in [-0.1, -0.05) is 24.1 Å². The fraction of sp³-hybridized carbons (Fsp3) is 0.357. The Morgan fingerprint density at radius 2 is 2.12 bits per heavy atom. The Bertz CT molecular complexity index is 401. The van der Waals surface area contributed by atoms with E-state index in [1.807, 2.05) is 6.08 Å². The van der Waals surface area contributed by atoms with E-state index in [0.29, 0.717) is 11.4 Å². The number of benzene rings is 1. The molecule has 0 aromatic heterocycles. The molecule has 1 rings (SSSR count). The normalized spacial score (nSPS) is 10.2. The number of allylic oxidation sites excluding steroid dienone is 1. The third-order valence-electron chi connectivity index (χ3n) is 2.54. The summed E-state index contributed by atoms with van der Waals surface area (Å²) in [6.07, 6.45) is 5.99. The minimum Gasteiger partial charge on any atom is -0.294 e. The van der Waals surface area contributed by atoms with Crippen LogP contribution in [0.2, 0.25) is 5.02 Å². The molecule has 0 aliphatic carbocycles. The molecule has 1 aromatic rings. The van der Waals surface area contributed by atoms with Crippen molar-refractivity contribution < 1.29 is 9.18 Å². The molecule has 0 unspecified atom stereocenters. The Morgan fingerprint density at radius 3 is 2.76 bits per heavy atom. The van der Waals surface area contributed by atoms with Crippen molar-refractivity contribution in [2.75, 3.05) is 0 Å². The van der Waals surface area contributed by atoms with Crippen LogP contribution in [0, 0.1) is 5.82 Å². The molecule has 0 bridgehead atoms. The zero-order valence-electron chi connectivity index (χ0n) is 9.72. The van der Waals surface area contributed by atoms with Gasteiger partial charge in [0.2, 0.25) is 0 Å². The second-order valence-corrected chi connectivity index (χ2v) is 4.37. The van der Waals surface area contributed by atoms with E-state index in [2.05, 4.69) is 6.58 Å². The first-order valence-corrected chi connectivity index (χ1v) is 6.12. The van der Waals surface area contributed by atoms with Crippen LogP contribution in [0.15, 0.2) is 30.9 Å². The van der Waals surface area contributed by atoms with E-state index >= 15 is 0 Å². The van der Waals surface area contributed by atoms with Gasteiger partial charge in [-0.2, -0.15) is 0 Å². The predicted octanol–water partition coefficient (Wildman–Crippen LogP) is 4.80. The molecule has 0 atom stereocenters. The molecule has 0 saturated carbocycles. The topological polar surface area (TPSA) is 17.1 Å². The average Bonchev–Trinajstić information content (AvgIpc) is 2.28. The highest BCUT2D eigenvalue weighted by molar-refractivity contribution is 6.30. The molecule has 0 aliphatic rings. The molecular formula is C14H16ClFO. The molecule has 0 saturated heterocycles. The number of carbonyl (C=O) groups excluding carboxylic acids is 1. The second-order valence-electron chi connectivity index (χ2n) is 3.94. The highest BCUT2D eigenvalue weighted by Crippen LogP contribution is 2.17. The summed E-state index contributed by atoms with van der Waals surface area (Å²) in [7, 11) is 0. The molecule has 0 radical (unpaired) electrons. The third kappa shape index (κ3) is 4.70. The van der Waals surface area contributed by atoms with E-state index in [4.69, 9.17) is 11.6 Å². The molecular weight excluding hydrogens is 239 g/mol. The van der Waals surface area contributed by atoms with Gasteiger partial charge in [-0.25, -0.2) is 4.39 Å². The van der Waals surface area contributed by atoms with Gasteiger partial charge in [-0.3, -0.25) is 4.79 Å². The maximum atomic E-state index is 13.4. The molecule has 0 aliphatic heterocycles. The maximum Gasteiger partial charge on any atom is 0.165 e. The van der Waals surface area contributed by atoms with Crippen molar-refractivity contribution in [2.45, 2.75) is 32.1 Å². The van der Waals surface area contributed by atoms with E-state index in [-0.39, 0.29) is 11.3 Å². The minimum atomic E-state index is -0.534. The number of unbranched alkanes of at least 4 members (excludes halogenated alkanes) is 3. The molecule has 1 nitrogen and oxygen atoms in total. The fourth-order valence-electron chi connectivity index (χ4n) is 1.60. The SMILES string of the molecule is C=CCCCCCC(=O)c1ccc(Cl)cc1F. The number of rotatable bonds is 7. The molecule has 0 fully saturated rings. The van der Waals surface area contributed by atoms with Crippen LogP contribution in [0.3, 0.4) is 0 Å². The van der Waals surface area contributed by atoms with Crippen LogP contribution in [-0.2, 0) is 0 Å². The summed E-state index contributed by atoms with van der Waals surface area (Å²) in [4.78, 5) is 11.7. The van der Waals surface area contributed by atoms with Crippen LogP contribution >= 0.6 is 11.6 Å². The number of Topliss-reactive ketones (excluding diaryl/α,β-unsaturated/α-hetero) is 1. The number of halogens is 2. The Labute approximate surface area is 106 Å². The molecule has 0 N–H and O–H groups in total. The van der Waals surface area contributed by atoms with Gasteiger partial charge in [0, 0.05) is 11.4 Å². The predicted molar refractivity (Wildman–Crippen MR) is 69.0 cm³/mol. The lowest BCUT2D eigenvalue weighted by atomic mass is 10.0. The summed E-state index contributed by atoms with van der Waals surface area (Å²) >= 11 is 5.62.